The van der Waals surface area contributed by atoms with E-state index in [1.54, 1.807) is 12.0 Å². The molecule has 2 amide bonds. The van der Waals surface area contributed by atoms with E-state index in [1.165, 1.54) is 11.3 Å². The maximum atomic E-state index is 12.9. The maximum absolute atomic E-state index is 12.9. The highest BCUT2D eigenvalue weighted by Crippen LogP contribution is 2.28. The van der Waals surface area contributed by atoms with Crippen LogP contribution in [-0.4, -0.2) is 62.0 Å². The molecule has 1 aliphatic heterocycles. The summed E-state index contributed by atoms with van der Waals surface area (Å²) >= 11 is 1.41. The summed E-state index contributed by atoms with van der Waals surface area (Å²) in [5, 5.41) is 4.94. The van der Waals surface area contributed by atoms with Crippen LogP contribution in [0.15, 0.2) is 41.8 Å². The van der Waals surface area contributed by atoms with Crippen molar-refractivity contribution >= 4 is 23.2 Å². The lowest BCUT2D eigenvalue weighted by Gasteiger charge is -2.28. The maximum Gasteiger partial charge on any atom is 0.264 e. The average molecular weight is 402 g/mol. The molecule has 1 aliphatic rings. The summed E-state index contributed by atoms with van der Waals surface area (Å²) in [6, 6.07) is 11.1. The Bertz CT molecular complexity index is 807. The molecule has 2 atom stereocenters. The minimum atomic E-state index is -0.407. The SMILES string of the molecule is COc1ccccc1C(CNC(=O)C1CCCN1C(=O)c1cccs1)N(C)C. The minimum absolute atomic E-state index is 0.0250. The number of rotatable bonds is 7. The van der Waals surface area contributed by atoms with Crippen molar-refractivity contribution in [1.29, 1.82) is 0 Å². The van der Waals surface area contributed by atoms with Gasteiger partial charge in [0.25, 0.3) is 5.91 Å². The van der Waals surface area contributed by atoms with Gasteiger partial charge in [0.05, 0.1) is 18.0 Å². The van der Waals surface area contributed by atoms with Crippen molar-refractivity contribution in [3.63, 3.8) is 0 Å². The van der Waals surface area contributed by atoms with Gasteiger partial charge in [-0.3, -0.25) is 9.59 Å². The number of benzene rings is 1. The number of methoxy groups -OCH3 is 1. The first kappa shape index (κ1) is 20.4. The van der Waals surface area contributed by atoms with E-state index < -0.39 is 6.04 Å². The lowest BCUT2D eigenvalue weighted by Crippen LogP contribution is -2.47. The average Bonchev–Trinajstić information content (AvgIpc) is 3.39. The molecule has 7 heteroatoms. The third-order valence-electron chi connectivity index (χ3n) is 5.14. The third kappa shape index (κ3) is 4.36. The molecule has 0 spiro atoms. The first-order chi connectivity index (χ1) is 13.5. The molecule has 28 heavy (non-hydrogen) atoms. The summed E-state index contributed by atoms with van der Waals surface area (Å²) in [4.78, 5) is 30.0. The molecule has 3 rings (SSSR count). The summed E-state index contributed by atoms with van der Waals surface area (Å²) in [6.07, 6.45) is 1.54. The van der Waals surface area contributed by atoms with E-state index in [0.717, 1.165) is 17.7 Å². The number of likely N-dealkylation sites (N-methyl/N-ethyl adjacent to an activating group) is 1. The number of likely N-dealkylation sites (tertiary alicyclic amines) is 1. The predicted octanol–water partition coefficient (Wildman–Crippen LogP) is 2.78. The van der Waals surface area contributed by atoms with E-state index in [9.17, 15) is 9.59 Å². The molecular weight excluding hydrogens is 374 g/mol. The van der Waals surface area contributed by atoms with Gasteiger partial charge in [-0.05, 0) is 44.4 Å². The first-order valence-corrected chi connectivity index (χ1v) is 10.3. The quantitative estimate of drug-likeness (QED) is 0.775. The van der Waals surface area contributed by atoms with Crippen molar-refractivity contribution in [1.82, 2.24) is 15.1 Å². The van der Waals surface area contributed by atoms with Crippen LogP contribution >= 0.6 is 11.3 Å². The van der Waals surface area contributed by atoms with E-state index in [-0.39, 0.29) is 17.9 Å². The van der Waals surface area contributed by atoms with Gasteiger partial charge in [0.1, 0.15) is 11.8 Å². The number of para-hydroxylation sites is 1. The van der Waals surface area contributed by atoms with Crippen LogP contribution in [0.25, 0.3) is 0 Å². The fraction of sp³-hybridized carbons (Fsp3) is 0.429. The van der Waals surface area contributed by atoms with Crippen molar-refractivity contribution in [3.8, 4) is 5.75 Å². The van der Waals surface area contributed by atoms with Gasteiger partial charge in [-0.15, -0.1) is 11.3 Å². The van der Waals surface area contributed by atoms with E-state index in [0.29, 0.717) is 24.4 Å². The molecule has 150 valence electrons. The van der Waals surface area contributed by atoms with Crippen LogP contribution in [-0.2, 0) is 4.79 Å². The van der Waals surface area contributed by atoms with Crippen LogP contribution in [0.5, 0.6) is 5.75 Å². The second-order valence-electron chi connectivity index (χ2n) is 7.10. The summed E-state index contributed by atoms with van der Waals surface area (Å²) in [5.74, 6) is 0.650. The zero-order chi connectivity index (χ0) is 20.1. The number of thiophene rings is 1. The van der Waals surface area contributed by atoms with E-state index in [4.69, 9.17) is 4.74 Å². The number of amides is 2. The summed E-state index contributed by atoms with van der Waals surface area (Å²) in [7, 11) is 5.60. The van der Waals surface area contributed by atoms with Crippen LogP contribution in [0, 0.1) is 0 Å². The zero-order valence-electron chi connectivity index (χ0n) is 16.6. The van der Waals surface area contributed by atoms with Gasteiger partial charge in [0.2, 0.25) is 5.91 Å². The Kier molecular flexibility index (Phi) is 6.70. The van der Waals surface area contributed by atoms with Crippen molar-refractivity contribution in [3.05, 3.63) is 52.2 Å². The van der Waals surface area contributed by atoms with Gasteiger partial charge in [0, 0.05) is 18.7 Å². The number of nitrogens with one attached hydrogen (secondary N) is 1. The molecule has 6 nitrogen and oxygen atoms in total. The van der Waals surface area contributed by atoms with Gasteiger partial charge < -0.3 is 19.9 Å². The molecule has 1 fully saturated rings. The number of hydrogen-bond donors (Lipinski definition) is 1. The van der Waals surface area contributed by atoms with E-state index >= 15 is 0 Å². The normalized spacial score (nSPS) is 17.6. The van der Waals surface area contributed by atoms with Crippen LogP contribution in [0.3, 0.4) is 0 Å². The minimum Gasteiger partial charge on any atom is -0.496 e. The van der Waals surface area contributed by atoms with Crippen LogP contribution in [0.2, 0.25) is 0 Å². The highest BCUT2D eigenvalue weighted by atomic mass is 32.1. The van der Waals surface area contributed by atoms with E-state index in [2.05, 4.69) is 10.2 Å². The Morgan fingerprint density at radius 2 is 2.07 bits per heavy atom. The van der Waals surface area contributed by atoms with Crippen molar-refractivity contribution in [2.75, 3.05) is 34.3 Å². The van der Waals surface area contributed by atoms with Gasteiger partial charge in [-0.2, -0.15) is 0 Å². The fourth-order valence-corrected chi connectivity index (χ4v) is 4.33. The largest absolute Gasteiger partial charge is 0.496 e. The van der Waals surface area contributed by atoms with Gasteiger partial charge in [-0.1, -0.05) is 24.3 Å². The monoisotopic (exact) mass is 401 g/mol. The second kappa shape index (κ2) is 9.21. The van der Waals surface area contributed by atoms with Crippen molar-refractivity contribution in [2.45, 2.75) is 24.9 Å². The Morgan fingerprint density at radius 3 is 2.75 bits per heavy atom. The zero-order valence-corrected chi connectivity index (χ0v) is 17.4. The van der Waals surface area contributed by atoms with Crippen LogP contribution < -0.4 is 10.1 Å². The summed E-state index contributed by atoms with van der Waals surface area (Å²) in [6.45, 7) is 1.07. The molecule has 1 aromatic carbocycles. The van der Waals surface area contributed by atoms with E-state index in [1.807, 2.05) is 55.9 Å². The van der Waals surface area contributed by atoms with Crippen LogP contribution in [0.4, 0.5) is 0 Å². The summed E-state index contributed by atoms with van der Waals surface area (Å²) in [5.41, 5.74) is 1.02. The lowest BCUT2D eigenvalue weighted by molar-refractivity contribution is -0.125. The van der Waals surface area contributed by atoms with Crippen molar-refractivity contribution < 1.29 is 14.3 Å². The number of carbonyl (C=O) groups excluding carboxylic acids is 2. The van der Waals surface area contributed by atoms with Crippen molar-refractivity contribution in [2.24, 2.45) is 0 Å². The topological polar surface area (TPSA) is 61.9 Å². The Morgan fingerprint density at radius 1 is 1.29 bits per heavy atom. The lowest BCUT2D eigenvalue weighted by atomic mass is 10.0. The van der Waals surface area contributed by atoms with Crippen LogP contribution in [0.1, 0.15) is 34.1 Å². The Labute approximate surface area is 170 Å². The molecule has 0 saturated carbocycles. The number of carbonyl (C=O) groups is 2. The Hall–Kier alpha value is -2.38. The van der Waals surface area contributed by atoms with Gasteiger partial charge in [-0.25, -0.2) is 0 Å². The molecule has 2 aromatic rings. The molecule has 2 unspecified atom stereocenters. The first-order valence-electron chi connectivity index (χ1n) is 9.44. The number of hydrogen-bond acceptors (Lipinski definition) is 5. The third-order valence-corrected chi connectivity index (χ3v) is 6.00. The molecular formula is C21H27N3O3S. The molecule has 0 radical (unpaired) electrons. The smallest absolute Gasteiger partial charge is 0.264 e. The fourth-order valence-electron chi connectivity index (χ4n) is 3.65. The molecule has 2 heterocycles. The molecule has 0 aliphatic carbocycles. The van der Waals surface area contributed by atoms with Gasteiger partial charge in [0.15, 0.2) is 0 Å². The molecule has 0 bridgehead atoms. The summed E-state index contributed by atoms with van der Waals surface area (Å²) < 4.78 is 5.48. The number of ether oxygens (including phenoxy) is 1. The molecule has 1 aromatic heterocycles. The highest BCUT2D eigenvalue weighted by Gasteiger charge is 2.35. The van der Waals surface area contributed by atoms with Gasteiger partial charge >= 0.3 is 0 Å². The number of nitrogens with zero attached hydrogens (tertiary/aromatic N) is 2. The standard InChI is InChI=1S/C21H27N3O3S/c1-23(2)17(15-8-4-5-10-18(15)27-3)14-22-20(25)16-9-6-12-24(16)21(26)19-11-7-13-28-19/h4-5,7-8,10-11,13,16-17H,6,9,12,14H2,1-3H3,(H,22,25). The predicted molar refractivity (Wildman–Crippen MR) is 111 cm³/mol. The molecule has 1 saturated heterocycles. The Balaban J connectivity index is 1.68. The second-order valence-corrected chi connectivity index (χ2v) is 8.05. The highest BCUT2D eigenvalue weighted by molar-refractivity contribution is 7.12. The molecule has 1 N–H and O–H groups in total.